The summed E-state index contributed by atoms with van der Waals surface area (Å²) in [4.78, 5) is 1.22. The van der Waals surface area contributed by atoms with E-state index in [2.05, 4.69) is 36.5 Å². The number of thiophene rings is 1. The predicted molar refractivity (Wildman–Crippen MR) is 89.3 cm³/mol. The van der Waals surface area contributed by atoms with Crippen LogP contribution in [-0.2, 0) is 16.1 Å². The van der Waals surface area contributed by atoms with E-state index in [9.17, 15) is 0 Å². The number of anilines is 1. The van der Waals surface area contributed by atoms with Gasteiger partial charge < -0.3 is 14.8 Å². The second-order valence-corrected chi connectivity index (χ2v) is 6.50. The van der Waals surface area contributed by atoms with Crippen molar-refractivity contribution in [1.82, 2.24) is 0 Å². The van der Waals surface area contributed by atoms with Gasteiger partial charge in [-0.25, -0.2) is 0 Å². The lowest BCUT2D eigenvalue weighted by Gasteiger charge is -2.14. The fourth-order valence-corrected chi connectivity index (χ4v) is 3.03. The molecule has 0 radical (unpaired) electrons. The van der Waals surface area contributed by atoms with Gasteiger partial charge in [-0.05, 0) is 36.8 Å². The summed E-state index contributed by atoms with van der Waals surface area (Å²) in [5.74, 6) is 0. The lowest BCUT2D eigenvalue weighted by atomic mass is 10.2. The van der Waals surface area contributed by atoms with E-state index in [4.69, 9.17) is 21.1 Å². The van der Waals surface area contributed by atoms with E-state index >= 15 is 0 Å². The zero-order valence-corrected chi connectivity index (χ0v) is 13.8. The van der Waals surface area contributed by atoms with Crippen molar-refractivity contribution in [1.29, 1.82) is 0 Å². The largest absolute Gasteiger partial charge is 0.382 e. The Bertz CT molecular complexity index is 559. The van der Waals surface area contributed by atoms with Crippen molar-refractivity contribution in [3.05, 3.63) is 51.2 Å². The molecule has 0 aliphatic rings. The molecule has 1 heterocycles. The number of hydrogen-bond acceptors (Lipinski definition) is 4. The summed E-state index contributed by atoms with van der Waals surface area (Å²) in [5, 5.41) is 3.48. The summed E-state index contributed by atoms with van der Waals surface area (Å²) >= 11 is 7.58. The van der Waals surface area contributed by atoms with Crippen LogP contribution >= 0.6 is 22.9 Å². The third-order valence-corrected chi connectivity index (χ3v) is 4.45. The molecule has 1 atom stereocenters. The zero-order valence-electron chi connectivity index (χ0n) is 12.3. The van der Waals surface area contributed by atoms with Crippen molar-refractivity contribution in [3.8, 4) is 0 Å². The summed E-state index contributed by atoms with van der Waals surface area (Å²) < 4.78 is 11.3. The molecule has 0 saturated carbocycles. The van der Waals surface area contributed by atoms with Crippen LogP contribution in [0.4, 0.5) is 5.69 Å². The molecule has 0 spiro atoms. The molecule has 0 aliphatic heterocycles. The highest BCUT2D eigenvalue weighted by molar-refractivity contribution is 7.16. The highest BCUT2D eigenvalue weighted by atomic mass is 35.5. The van der Waals surface area contributed by atoms with Crippen LogP contribution in [0.25, 0.3) is 0 Å². The minimum atomic E-state index is 0.229. The van der Waals surface area contributed by atoms with E-state index in [0.717, 1.165) is 15.6 Å². The summed E-state index contributed by atoms with van der Waals surface area (Å²) in [6.07, 6.45) is 0. The summed E-state index contributed by atoms with van der Waals surface area (Å²) in [6.45, 7) is 3.95. The van der Waals surface area contributed by atoms with E-state index in [1.807, 2.05) is 12.1 Å². The Morgan fingerprint density at radius 1 is 1.24 bits per heavy atom. The molecule has 1 aromatic heterocycles. The van der Waals surface area contributed by atoms with Gasteiger partial charge in [-0.2, -0.15) is 0 Å². The summed E-state index contributed by atoms with van der Waals surface area (Å²) in [6, 6.07) is 12.5. The van der Waals surface area contributed by atoms with E-state index < -0.39 is 0 Å². The number of halogens is 1. The molecular formula is C16H20ClNO2S. The number of rotatable bonds is 8. The van der Waals surface area contributed by atoms with Crippen LogP contribution in [0.1, 0.15) is 23.4 Å². The molecule has 1 aromatic carbocycles. The van der Waals surface area contributed by atoms with Crippen LogP contribution in [0, 0.1) is 0 Å². The van der Waals surface area contributed by atoms with Crippen molar-refractivity contribution >= 4 is 28.6 Å². The van der Waals surface area contributed by atoms with Crippen LogP contribution in [0.3, 0.4) is 0 Å². The number of methoxy groups -OCH3 is 1. The van der Waals surface area contributed by atoms with E-state index in [-0.39, 0.29) is 6.04 Å². The topological polar surface area (TPSA) is 30.5 Å². The van der Waals surface area contributed by atoms with Crippen molar-refractivity contribution in [2.24, 2.45) is 0 Å². The smallest absolute Gasteiger partial charge is 0.0932 e. The first-order valence-corrected chi connectivity index (χ1v) is 8.06. The van der Waals surface area contributed by atoms with Gasteiger partial charge in [0.2, 0.25) is 0 Å². The summed E-state index contributed by atoms with van der Waals surface area (Å²) in [7, 11) is 1.67. The zero-order chi connectivity index (χ0) is 15.1. The SMILES string of the molecule is COCCOCc1cccc(NC(C)c2ccc(Cl)s2)c1. The van der Waals surface area contributed by atoms with Gasteiger partial charge in [-0.3, -0.25) is 0 Å². The first-order chi connectivity index (χ1) is 10.2. The van der Waals surface area contributed by atoms with Gasteiger partial charge in [-0.1, -0.05) is 23.7 Å². The molecular weight excluding hydrogens is 306 g/mol. The Morgan fingerprint density at radius 2 is 2.10 bits per heavy atom. The maximum atomic E-state index is 5.98. The first-order valence-electron chi connectivity index (χ1n) is 6.86. The number of benzene rings is 1. The van der Waals surface area contributed by atoms with Gasteiger partial charge in [0, 0.05) is 17.7 Å². The molecule has 2 aromatic rings. The average molecular weight is 326 g/mol. The third-order valence-electron chi connectivity index (χ3n) is 3.03. The quantitative estimate of drug-likeness (QED) is 0.711. The van der Waals surface area contributed by atoms with Gasteiger partial charge in [-0.15, -0.1) is 11.3 Å². The standard InChI is InChI=1S/C16H20ClNO2S/c1-12(15-6-7-16(17)21-15)18-14-5-3-4-13(10-14)11-20-9-8-19-2/h3-7,10,12,18H,8-9,11H2,1-2H3. The molecule has 3 nitrogen and oxygen atoms in total. The fourth-order valence-electron chi connectivity index (χ4n) is 1.97. The van der Waals surface area contributed by atoms with Crippen LogP contribution in [0.15, 0.2) is 36.4 Å². The maximum absolute atomic E-state index is 5.98. The summed E-state index contributed by atoms with van der Waals surface area (Å²) in [5.41, 5.74) is 2.23. The van der Waals surface area contributed by atoms with Crippen LogP contribution in [-0.4, -0.2) is 20.3 Å². The fraction of sp³-hybridized carbons (Fsp3) is 0.375. The molecule has 0 amide bonds. The predicted octanol–water partition coefficient (Wildman–Crippen LogP) is 4.74. The third kappa shape index (κ3) is 5.32. The molecule has 0 fully saturated rings. The van der Waals surface area contributed by atoms with Crippen LogP contribution in [0.5, 0.6) is 0 Å². The van der Waals surface area contributed by atoms with Crippen molar-refractivity contribution < 1.29 is 9.47 Å². The van der Waals surface area contributed by atoms with Crippen LogP contribution < -0.4 is 5.32 Å². The highest BCUT2D eigenvalue weighted by Gasteiger charge is 2.08. The molecule has 0 aliphatic carbocycles. The van der Waals surface area contributed by atoms with Gasteiger partial charge in [0.25, 0.3) is 0 Å². The molecule has 0 saturated heterocycles. The molecule has 1 N–H and O–H groups in total. The Hall–Kier alpha value is -1.07. The van der Waals surface area contributed by atoms with Gasteiger partial charge in [0.05, 0.1) is 30.2 Å². The number of hydrogen-bond donors (Lipinski definition) is 1. The molecule has 114 valence electrons. The molecule has 5 heteroatoms. The molecule has 2 rings (SSSR count). The number of ether oxygens (including phenoxy) is 2. The normalized spacial score (nSPS) is 12.3. The Balaban J connectivity index is 1.91. The minimum absolute atomic E-state index is 0.229. The Morgan fingerprint density at radius 3 is 2.81 bits per heavy atom. The highest BCUT2D eigenvalue weighted by Crippen LogP contribution is 2.29. The molecule has 1 unspecified atom stereocenters. The van der Waals surface area contributed by atoms with Crippen molar-refractivity contribution in [2.45, 2.75) is 19.6 Å². The minimum Gasteiger partial charge on any atom is -0.382 e. The first kappa shape index (κ1) is 16.3. The monoisotopic (exact) mass is 325 g/mol. The van der Waals surface area contributed by atoms with Gasteiger partial charge in [0.1, 0.15) is 0 Å². The van der Waals surface area contributed by atoms with E-state index in [1.54, 1.807) is 18.4 Å². The number of nitrogens with one attached hydrogen (secondary N) is 1. The lowest BCUT2D eigenvalue weighted by Crippen LogP contribution is -2.06. The lowest BCUT2D eigenvalue weighted by molar-refractivity contribution is 0.0617. The second kappa shape index (κ2) is 8.39. The molecule has 0 bridgehead atoms. The van der Waals surface area contributed by atoms with Gasteiger partial charge in [0.15, 0.2) is 0 Å². The van der Waals surface area contributed by atoms with Gasteiger partial charge >= 0.3 is 0 Å². The Labute approximate surface area is 134 Å². The Kier molecular flexibility index (Phi) is 6.51. The molecule has 21 heavy (non-hydrogen) atoms. The second-order valence-electron chi connectivity index (χ2n) is 4.75. The van der Waals surface area contributed by atoms with E-state index in [1.165, 1.54) is 4.88 Å². The van der Waals surface area contributed by atoms with Crippen molar-refractivity contribution in [3.63, 3.8) is 0 Å². The maximum Gasteiger partial charge on any atom is 0.0932 e. The van der Waals surface area contributed by atoms with Crippen molar-refractivity contribution in [2.75, 3.05) is 25.6 Å². The van der Waals surface area contributed by atoms with Crippen LogP contribution in [0.2, 0.25) is 4.34 Å². The average Bonchev–Trinajstić information content (AvgIpc) is 2.91. The van der Waals surface area contributed by atoms with E-state index in [0.29, 0.717) is 19.8 Å².